The average molecular weight is 540 g/mol. The number of aliphatic hydroxyl groups excluding tert-OH is 1. The lowest BCUT2D eigenvalue weighted by molar-refractivity contribution is -0.137. The molecule has 1 heterocycles. The van der Waals surface area contributed by atoms with Crippen molar-refractivity contribution in [1.29, 1.82) is 0 Å². The average Bonchev–Trinajstić information content (AvgIpc) is 3.13. The fourth-order valence-electron chi connectivity index (χ4n) is 4.64. The summed E-state index contributed by atoms with van der Waals surface area (Å²) < 4.78 is 46.2. The van der Waals surface area contributed by atoms with Crippen molar-refractivity contribution in [1.82, 2.24) is 0 Å². The van der Waals surface area contributed by atoms with Gasteiger partial charge in [0.25, 0.3) is 11.7 Å². The highest BCUT2D eigenvalue weighted by molar-refractivity contribution is 6.51. The van der Waals surface area contributed by atoms with Gasteiger partial charge in [0.2, 0.25) is 0 Å². The van der Waals surface area contributed by atoms with Gasteiger partial charge in [-0.3, -0.25) is 14.5 Å². The molecule has 2 N–H and O–H groups in total. The van der Waals surface area contributed by atoms with Gasteiger partial charge in [-0.25, -0.2) is 0 Å². The zero-order valence-electron chi connectivity index (χ0n) is 21.8. The van der Waals surface area contributed by atoms with Crippen molar-refractivity contribution in [2.24, 2.45) is 0 Å². The van der Waals surface area contributed by atoms with Crippen molar-refractivity contribution in [3.63, 3.8) is 0 Å². The maximum Gasteiger partial charge on any atom is 0.416 e. The van der Waals surface area contributed by atoms with Crippen LogP contribution in [-0.2, 0) is 21.2 Å². The molecule has 1 unspecified atom stereocenters. The van der Waals surface area contributed by atoms with Crippen molar-refractivity contribution in [3.05, 3.63) is 94.6 Å². The standard InChI is InChI=1S/C30H28F3NO5/c1-5-39-23-13-12-18(15-22(23)29(2,3)4)26(36)24-25(17-8-6-11-21(35)14-17)34(28(38)27(24)37)20-10-7-9-19(16-20)30(31,32)33/h6-16,25,35-36H,5H2,1-4H3/b26-24-. The minimum Gasteiger partial charge on any atom is -0.508 e. The number of anilines is 1. The normalized spacial score (nSPS) is 17.5. The van der Waals surface area contributed by atoms with Crippen LogP contribution in [0.1, 0.15) is 56.0 Å². The molecule has 204 valence electrons. The number of rotatable bonds is 5. The second-order valence-corrected chi connectivity index (χ2v) is 10.2. The summed E-state index contributed by atoms with van der Waals surface area (Å²) >= 11 is 0. The predicted octanol–water partition coefficient (Wildman–Crippen LogP) is 6.73. The van der Waals surface area contributed by atoms with E-state index in [-0.39, 0.29) is 28.1 Å². The molecule has 0 spiro atoms. The van der Waals surface area contributed by atoms with E-state index in [4.69, 9.17) is 4.74 Å². The van der Waals surface area contributed by atoms with Crippen molar-refractivity contribution in [2.75, 3.05) is 11.5 Å². The molecule has 1 amide bonds. The number of ether oxygens (including phenoxy) is 1. The lowest BCUT2D eigenvalue weighted by Gasteiger charge is -2.26. The molecule has 39 heavy (non-hydrogen) atoms. The number of amides is 1. The first-order chi connectivity index (χ1) is 18.2. The second kappa shape index (κ2) is 10.1. The monoisotopic (exact) mass is 539 g/mol. The molecule has 0 aliphatic carbocycles. The summed E-state index contributed by atoms with van der Waals surface area (Å²) in [5.74, 6) is -2.26. The van der Waals surface area contributed by atoms with Gasteiger partial charge in [-0.05, 0) is 66.4 Å². The van der Waals surface area contributed by atoms with E-state index in [0.29, 0.717) is 12.4 Å². The molecule has 1 aliphatic heterocycles. The highest BCUT2D eigenvalue weighted by atomic mass is 19.4. The van der Waals surface area contributed by atoms with Gasteiger partial charge in [0.05, 0.1) is 23.8 Å². The Balaban J connectivity index is 1.96. The molecule has 1 fully saturated rings. The van der Waals surface area contributed by atoms with Gasteiger partial charge in [0, 0.05) is 16.8 Å². The summed E-state index contributed by atoms with van der Waals surface area (Å²) in [6.45, 7) is 8.11. The Morgan fingerprint density at radius 3 is 2.28 bits per heavy atom. The topological polar surface area (TPSA) is 87.1 Å². The van der Waals surface area contributed by atoms with Gasteiger partial charge in [-0.15, -0.1) is 0 Å². The van der Waals surface area contributed by atoms with Crippen LogP contribution in [0.2, 0.25) is 0 Å². The van der Waals surface area contributed by atoms with Crippen molar-refractivity contribution in [3.8, 4) is 11.5 Å². The number of nitrogens with zero attached hydrogens (tertiary/aromatic N) is 1. The van der Waals surface area contributed by atoms with E-state index < -0.39 is 40.6 Å². The third-order valence-electron chi connectivity index (χ3n) is 6.44. The molecule has 1 saturated heterocycles. The summed E-state index contributed by atoms with van der Waals surface area (Å²) in [4.78, 5) is 27.6. The van der Waals surface area contributed by atoms with Crippen LogP contribution in [0.15, 0.2) is 72.3 Å². The number of ketones is 1. The minimum atomic E-state index is -4.68. The van der Waals surface area contributed by atoms with Gasteiger partial charge in [0.1, 0.15) is 17.3 Å². The van der Waals surface area contributed by atoms with E-state index in [0.717, 1.165) is 28.7 Å². The Morgan fingerprint density at radius 1 is 0.974 bits per heavy atom. The molecule has 3 aromatic carbocycles. The molecule has 0 aromatic heterocycles. The molecular weight excluding hydrogens is 511 g/mol. The third kappa shape index (κ3) is 5.34. The number of carbonyl (C=O) groups is 2. The van der Waals surface area contributed by atoms with Gasteiger partial charge in [0.15, 0.2) is 0 Å². The Kier molecular flexibility index (Phi) is 7.21. The zero-order chi connectivity index (χ0) is 28.7. The van der Waals surface area contributed by atoms with E-state index in [1.165, 1.54) is 30.3 Å². The number of benzene rings is 3. The van der Waals surface area contributed by atoms with Gasteiger partial charge >= 0.3 is 6.18 Å². The SMILES string of the molecule is CCOc1ccc(/C(O)=C2/C(=O)C(=O)N(c3cccc(C(F)(F)F)c3)C2c2cccc(O)c2)cc1C(C)(C)C. The fraction of sp³-hybridized carbons (Fsp3) is 0.267. The molecule has 0 radical (unpaired) electrons. The Morgan fingerprint density at radius 2 is 1.67 bits per heavy atom. The Bertz CT molecular complexity index is 1470. The van der Waals surface area contributed by atoms with Crippen molar-refractivity contribution in [2.45, 2.75) is 45.3 Å². The maximum atomic E-state index is 13.5. The number of phenolic OH excluding ortho intramolecular Hbond substituents is 1. The summed E-state index contributed by atoms with van der Waals surface area (Å²) in [6, 6.07) is 13.3. The van der Waals surface area contributed by atoms with Crippen LogP contribution in [0, 0.1) is 0 Å². The molecule has 3 aromatic rings. The van der Waals surface area contributed by atoms with E-state index in [1.807, 2.05) is 27.7 Å². The highest BCUT2D eigenvalue weighted by Crippen LogP contribution is 2.44. The summed E-state index contributed by atoms with van der Waals surface area (Å²) in [6.07, 6.45) is -4.68. The number of carbonyl (C=O) groups excluding carboxylic acids is 2. The Labute approximate surface area is 224 Å². The first-order valence-electron chi connectivity index (χ1n) is 12.3. The molecule has 6 nitrogen and oxygen atoms in total. The largest absolute Gasteiger partial charge is 0.508 e. The zero-order valence-corrected chi connectivity index (χ0v) is 21.8. The van der Waals surface area contributed by atoms with E-state index in [2.05, 4.69) is 0 Å². The minimum absolute atomic E-state index is 0.179. The Hall–Kier alpha value is -4.27. The number of Topliss-reactive ketones (excluding diaryl/α,β-unsaturated/α-hetero) is 1. The first kappa shape index (κ1) is 27.8. The summed E-state index contributed by atoms with van der Waals surface area (Å²) in [5.41, 5.74) is -0.693. The van der Waals surface area contributed by atoms with E-state index in [9.17, 15) is 33.0 Å². The molecule has 1 aliphatic rings. The number of aliphatic hydroxyl groups is 1. The quantitative estimate of drug-likeness (QED) is 0.213. The molecular formula is C30H28F3NO5. The number of halogens is 3. The van der Waals surface area contributed by atoms with E-state index >= 15 is 0 Å². The van der Waals surface area contributed by atoms with E-state index in [1.54, 1.807) is 18.2 Å². The lowest BCUT2D eigenvalue weighted by atomic mass is 9.84. The van der Waals surface area contributed by atoms with Gasteiger partial charge in [-0.1, -0.05) is 39.0 Å². The number of phenols is 1. The summed E-state index contributed by atoms with van der Waals surface area (Å²) in [7, 11) is 0. The molecule has 4 rings (SSSR count). The third-order valence-corrected chi connectivity index (χ3v) is 6.44. The number of hydrogen-bond acceptors (Lipinski definition) is 5. The number of hydrogen-bond donors (Lipinski definition) is 2. The maximum absolute atomic E-state index is 13.5. The fourth-order valence-corrected chi connectivity index (χ4v) is 4.64. The number of alkyl halides is 3. The van der Waals surface area contributed by atoms with Gasteiger partial charge < -0.3 is 14.9 Å². The van der Waals surface area contributed by atoms with Crippen LogP contribution in [0.3, 0.4) is 0 Å². The van der Waals surface area contributed by atoms with Crippen LogP contribution in [-0.4, -0.2) is 28.5 Å². The van der Waals surface area contributed by atoms with Crippen molar-refractivity contribution < 1.29 is 37.7 Å². The van der Waals surface area contributed by atoms with Gasteiger partial charge in [-0.2, -0.15) is 13.2 Å². The summed E-state index contributed by atoms with van der Waals surface area (Å²) in [5, 5.41) is 21.6. The number of aromatic hydroxyl groups is 1. The molecule has 0 bridgehead atoms. The predicted molar refractivity (Wildman–Crippen MR) is 141 cm³/mol. The highest BCUT2D eigenvalue weighted by Gasteiger charge is 2.47. The van der Waals surface area contributed by atoms with Crippen LogP contribution in [0.5, 0.6) is 11.5 Å². The lowest BCUT2D eigenvalue weighted by Crippen LogP contribution is -2.29. The van der Waals surface area contributed by atoms with Crippen LogP contribution in [0.4, 0.5) is 18.9 Å². The van der Waals surface area contributed by atoms with Crippen LogP contribution >= 0.6 is 0 Å². The molecule has 1 atom stereocenters. The smallest absolute Gasteiger partial charge is 0.416 e. The van der Waals surface area contributed by atoms with Crippen LogP contribution in [0.25, 0.3) is 5.76 Å². The first-order valence-corrected chi connectivity index (χ1v) is 12.3. The molecule has 0 saturated carbocycles. The van der Waals surface area contributed by atoms with Crippen molar-refractivity contribution >= 4 is 23.1 Å². The molecule has 9 heteroatoms. The second-order valence-electron chi connectivity index (χ2n) is 10.2. The van der Waals surface area contributed by atoms with Crippen LogP contribution < -0.4 is 9.64 Å².